The first-order chi connectivity index (χ1) is 13.4. The van der Waals surface area contributed by atoms with Crippen molar-refractivity contribution in [1.29, 1.82) is 0 Å². The van der Waals surface area contributed by atoms with Gasteiger partial charge < -0.3 is 9.47 Å². The molecule has 0 amide bonds. The monoisotopic (exact) mass is 426 g/mol. The largest absolute Gasteiger partial charge is 0.468 e. The van der Waals surface area contributed by atoms with Crippen molar-refractivity contribution in [3.8, 4) is 0 Å². The number of methoxy groups -OCH3 is 2. The van der Waals surface area contributed by atoms with Gasteiger partial charge in [-0.25, -0.2) is 0 Å². The number of hydrogen-bond donors (Lipinski definition) is 0. The predicted octanol–water partition coefficient (Wildman–Crippen LogP) is 2.35. The Morgan fingerprint density at radius 2 is 0.967 bits per heavy atom. The van der Waals surface area contributed by atoms with Crippen LogP contribution in [0.25, 0.3) is 0 Å². The molecule has 0 heterocycles. The Kier molecular flexibility index (Phi) is 8.86. The van der Waals surface area contributed by atoms with Gasteiger partial charge in [-0.15, -0.1) is 0 Å². The molecule has 0 saturated heterocycles. The number of esters is 2. The van der Waals surface area contributed by atoms with Gasteiger partial charge in [0.15, 0.2) is 11.6 Å². The number of Topliss-reactive ketones (excluding diaryl/α,β-unsaturated/α-hetero) is 4. The Bertz CT molecular complexity index is 687. The second kappa shape index (κ2) is 9.62. The molecule has 0 aromatic heterocycles. The maximum absolute atomic E-state index is 13.3. The van der Waals surface area contributed by atoms with E-state index < -0.39 is 69.6 Å². The van der Waals surface area contributed by atoms with E-state index >= 15 is 0 Å². The standard InChI is InChI=1S/C22H34O8/c1-12(23)11-13(24)22(8,14(18(27)29-9)16(25)20(2,3)4)15(19(28)30-10)17(26)21(5,6)7/h14-15H,11H2,1-10H3. The van der Waals surface area contributed by atoms with Crippen molar-refractivity contribution < 1.29 is 38.2 Å². The van der Waals surface area contributed by atoms with Crippen LogP contribution in [0, 0.1) is 28.1 Å². The summed E-state index contributed by atoms with van der Waals surface area (Å²) in [5.74, 6) is -8.50. The molecule has 0 bridgehead atoms. The average Bonchev–Trinajstić information content (AvgIpc) is 2.58. The van der Waals surface area contributed by atoms with Gasteiger partial charge >= 0.3 is 11.9 Å². The summed E-state index contributed by atoms with van der Waals surface area (Å²) in [6.07, 6.45) is -0.660. The van der Waals surface area contributed by atoms with Crippen LogP contribution in [0.15, 0.2) is 0 Å². The highest BCUT2D eigenvalue weighted by molar-refractivity contribution is 6.15. The van der Waals surface area contributed by atoms with Crippen LogP contribution in [-0.4, -0.2) is 49.3 Å². The Morgan fingerprint density at radius 3 is 1.17 bits per heavy atom. The molecule has 2 atom stereocenters. The van der Waals surface area contributed by atoms with E-state index in [0.717, 1.165) is 21.1 Å². The molecular weight excluding hydrogens is 392 g/mol. The zero-order valence-electron chi connectivity index (χ0n) is 19.6. The summed E-state index contributed by atoms with van der Waals surface area (Å²) < 4.78 is 9.60. The molecule has 0 saturated carbocycles. The van der Waals surface area contributed by atoms with Gasteiger partial charge in [0.1, 0.15) is 23.4 Å². The maximum atomic E-state index is 13.3. The summed E-state index contributed by atoms with van der Waals surface area (Å²) in [4.78, 5) is 77.2. The number of carbonyl (C=O) groups excluding carboxylic acids is 6. The predicted molar refractivity (Wildman–Crippen MR) is 108 cm³/mol. The molecule has 0 aromatic rings. The Hall–Kier alpha value is -2.38. The van der Waals surface area contributed by atoms with Crippen molar-refractivity contribution in [1.82, 2.24) is 0 Å². The van der Waals surface area contributed by atoms with E-state index in [2.05, 4.69) is 0 Å². The third-order valence-electron chi connectivity index (χ3n) is 5.09. The summed E-state index contributed by atoms with van der Waals surface area (Å²) in [6, 6.07) is 0. The van der Waals surface area contributed by atoms with Gasteiger partial charge in [-0.3, -0.25) is 28.8 Å². The fraction of sp³-hybridized carbons (Fsp3) is 0.727. The molecule has 0 aliphatic rings. The lowest BCUT2D eigenvalue weighted by molar-refractivity contribution is -0.173. The molecule has 8 nitrogen and oxygen atoms in total. The van der Waals surface area contributed by atoms with Gasteiger partial charge in [-0.2, -0.15) is 0 Å². The molecule has 0 aromatic carbocycles. The van der Waals surface area contributed by atoms with Gasteiger partial charge in [-0.05, 0) is 6.92 Å². The first-order valence-corrected chi connectivity index (χ1v) is 9.64. The minimum Gasteiger partial charge on any atom is -0.468 e. The average molecular weight is 427 g/mol. The van der Waals surface area contributed by atoms with Gasteiger partial charge in [0.05, 0.1) is 26.1 Å². The van der Waals surface area contributed by atoms with Crippen molar-refractivity contribution >= 4 is 35.1 Å². The molecule has 170 valence electrons. The Morgan fingerprint density at radius 1 is 0.667 bits per heavy atom. The zero-order chi connectivity index (χ0) is 24.2. The van der Waals surface area contributed by atoms with Crippen LogP contribution in [0.3, 0.4) is 0 Å². The molecule has 30 heavy (non-hydrogen) atoms. The highest BCUT2D eigenvalue weighted by Crippen LogP contribution is 2.45. The van der Waals surface area contributed by atoms with Crippen molar-refractivity contribution in [3.63, 3.8) is 0 Å². The number of rotatable bonds is 9. The molecule has 0 aliphatic heterocycles. The zero-order valence-corrected chi connectivity index (χ0v) is 19.6. The molecule has 0 fully saturated rings. The molecule has 2 unspecified atom stereocenters. The van der Waals surface area contributed by atoms with Crippen LogP contribution in [0.1, 0.15) is 61.8 Å². The van der Waals surface area contributed by atoms with E-state index in [0.29, 0.717) is 0 Å². The first kappa shape index (κ1) is 27.6. The smallest absolute Gasteiger partial charge is 0.317 e. The molecule has 0 aliphatic carbocycles. The minimum absolute atomic E-state index is 0.537. The minimum atomic E-state index is -2.18. The van der Waals surface area contributed by atoms with Gasteiger partial charge in [-0.1, -0.05) is 48.5 Å². The van der Waals surface area contributed by atoms with Crippen molar-refractivity contribution in [2.24, 2.45) is 28.1 Å². The fourth-order valence-electron chi connectivity index (χ4n) is 3.26. The van der Waals surface area contributed by atoms with Crippen molar-refractivity contribution in [3.05, 3.63) is 0 Å². The molecule has 8 heteroatoms. The van der Waals surface area contributed by atoms with Gasteiger partial charge in [0, 0.05) is 10.8 Å². The first-order valence-electron chi connectivity index (χ1n) is 9.64. The van der Waals surface area contributed by atoms with Crippen molar-refractivity contribution in [2.45, 2.75) is 61.8 Å². The second-order valence-corrected chi connectivity index (χ2v) is 9.73. The third-order valence-corrected chi connectivity index (χ3v) is 5.09. The lowest BCUT2D eigenvalue weighted by Crippen LogP contribution is -2.58. The quantitative estimate of drug-likeness (QED) is 0.407. The number of ether oxygens (including phenoxy) is 2. The summed E-state index contributed by atoms with van der Waals surface area (Å²) in [5, 5.41) is 0. The van der Waals surface area contributed by atoms with E-state index in [1.54, 1.807) is 41.5 Å². The SMILES string of the molecule is COC(=O)C(C(=O)C(C)(C)C)C(C)(C(=O)CC(C)=O)C(C(=O)OC)C(=O)C(C)(C)C. The number of hydrogen-bond acceptors (Lipinski definition) is 8. The Labute approximate surface area is 178 Å². The summed E-state index contributed by atoms with van der Waals surface area (Å²) in [6.45, 7) is 11.6. The van der Waals surface area contributed by atoms with Crippen LogP contribution >= 0.6 is 0 Å². The van der Waals surface area contributed by atoms with Crippen molar-refractivity contribution in [2.75, 3.05) is 14.2 Å². The fourth-order valence-corrected chi connectivity index (χ4v) is 3.26. The normalized spacial score (nSPS) is 15.9. The van der Waals surface area contributed by atoms with E-state index in [4.69, 9.17) is 9.47 Å². The van der Waals surface area contributed by atoms with Crippen LogP contribution < -0.4 is 0 Å². The lowest BCUT2D eigenvalue weighted by Gasteiger charge is -2.41. The Balaban J connectivity index is 7.26. The van der Waals surface area contributed by atoms with Crippen LogP contribution in [0.4, 0.5) is 0 Å². The highest BCUT2D eigenvalue weighted by atomic mass is 16.5. The topological polar surface area (TPSA) is 121 Å². The molecule has 0 radical (unpaired) electrons. The lowest BCUT2D eigenvalue weighted by atomic mass is 9.57. The van der Waals surface area contributed by atoms with E-state index in [9.17, 15) is 28.8 Å². The number of carbonyl (C=O) groups is 6. The number of ketones is 4. The van der Waals surface area contributed by atoms with E-state index in [-0.39, 0.29) is 0 Å². The third kappa shape index (κ3) is 5.83. The summed E-state index contributed by atoms with van der Waals surface area (Å²) in [7, 11) is 2.08. The molecule has 0 N–H and O–H groups in total. The van der Waals surface area contributed by atoms with Crippen LogP contribution in [-0.2, 0) is 38.2 Å². The van der Waals surface area contributed by atoms with Gasteiger partial charge in [0.25, 0.3) is 0 Å². The van der Waals surface area contributed by atoms with E-state index in [1.807, 2.05) is 0 Å². The second-order valence-electron chi connectivity index (χ2n) is 9.73. The molecular formula is C22H34O8. The van der Waals surface area contributed by atoms with Crippen LogP contribution in [0.5, 0.6) is 0 Å². The highest BCUT2D eigenvalue weighted by Gasteiger charge is 2.61. The van der Waals surface area contributed by atoms with Crippen LogP contribution in [0.2, 0.25) is 0 Å². The van der Waals surface area contributed by atoms with Gasteiger partial charge in [0.2, 0.25) is 0 Å². The summed E-state index contributed by atoms with van der Waals surface area (Å²) >= 11 is 0. The molecule has 0 rings (SSSR count). The molecule has 0 spiro atoms. The summed E-state index contributed by atoms with van der Waals surface area (Å²) in [5.41, 5.74) is -4.40. The van der Waals surface area contributed by atoms with E-state index in [1.165, 1.54) is 6.92 Å². The maximum Gasteiger partial charge on any atom is 0.317 e.